The minimum Gasteiger partial charge on any atom is -0.354 e. The molecule has 172 valence electrons. The molecule has 3 heterocycles. The molecule has 2 aromatic heterocycles. The smallest absolute Gasteiger partial charge is 0.272 e. The van der Waals surface area contributed by atoms with Crippen molar-refractivity contribution in [3.63, 3.8) is 0 Å². The van der Waals surface area contributed by atoms with Gasteiger partial charge in [-0.3, -0.25) is 14.6 Å². The molecule has 3 N–H and O–H groups in total. The first-order chi connectivity index (χ1) is 17.0. The van der Waals surface area contributed by atoms with Crippen molar-refractivity contribution in [2.24, 2.45) is 11.0 Å². The number of H-pyrrole nitrogens is 1. The highest BCUT2D eigenvalue weighted by molar-refractivity contribution is 6.18. The molecule has 0 radical (unpaired) electrons. The Morgan fingerprint density at radius 2 is 2.00 bits per heavy atom. The number of benzene rings is 2. The number of carbonyl (C=O) groups excluding carboxylic acids is 2. The van der Waals surface area contributed by atoms with Gasteiger partial charge in [0.25, 0.3) is 5.91 Å². The van der Waals surface area contributed by atoms with Crippen molar-refractivity contribution in [2.75, 3.05) is 5.32 Å². The van der Waals surface area contributed by atoms with Gasteiger partial charge in [-0.1, -0.05) is 30.3 Å². The van der Waals surface area contributed by atoms with Gasteiger partial charge in [-0.05, 0) is 49.6 Å². The number of nitrogens with zero attached hydrogens (tertiary/aromatic N) is 3. The van der Waals surface area contributed by atoms with Crippen molar-refractivity contribution >= 4 is 34.6 Å². The molecule has 4 aromatic rings. The summed E-state index contributed by atoms with van der Waals surface area (Å²) in [5.41, 5.74) is 8.34. The topological polar surface area (TPSA) is 123 Å². The third kappa shape index (κ3) is 4.39. The van der Waals surface area contributed by atoms with Crippen molar-refractivity contribution in [1.29, 1.82) is 5.26 Å². The Hall–Kier alpha value is -4.77. The number of anilines is 1. The van der Waals surface area contributed by atoms with Crippen LogP contribution in [0, 0.1) is 24.2 Å². The highest BCUT2D eigenvalue weighted by Gasteiger charge is 2.24. The number of rotatable bonds is 6. The highest BCUT2D eigenvalue weighted by atomic mass is 16.2. The van der Waals surface area contributed by atoms with Crippen LogP contribution < -0.4 is 10.7 Å². The molecule has 0 bridgehead atoms. The monoisotopic (exact) mass is 462 g/mol. The number of aromatic nitrogens is 2. The van der Waals surface area contributed by atoms with Crippen LogP contribution in [-0.4, -0.2) is 28.0 Å². The molecule has 1 unspecified atom stereocenters. The summed E-state index contributed by atoms with van der Waals surface area (Å²) in [5, 5.41) is 17.2. The van der Waals surface area contributed by atoms with Gasteiger partial charge < -0.3 is 10.3 Å². The predicted octanol–water partition coefficient (Wildman–Crippen LogP) is 4.33. The summed E-state index contributed by atoms with van der Waals surface area (Å²) in [6.07, 6.45) is 4.38. The average molecular weight is 463 g/mol. The number of nitriles is 1. The number of aromatic amines is 1. The average Bonchev–Trinajstić information content (AvgIpc) is 3.14. The molecule has 0 saturated carbocycles. The Kier molecular flexibility index (Phi) is 5.81. The largest absolute Gasteiger partial charge is 0.354 e. The van der Waals surface area contributed by atoms with Gasteiger partial charge >= 0.3 is 0 Å². The van der Waals surface area contributed by atoms with Crippen molar-refractivity contribution < 1.29 is 9.59 Å². The van der Waals surface area contributed by atoms with Crippen molar-refractivity contribution in [3.05, 3.63) is 83.2 Å². The SMILES string of the molecule is Cc1ccc(-c2[nH]c3cc(NC(=O)C(C#N)CCc4ccccc4)cc4c3c2C=NNC4=O)cn1. The maximum Gasteiger partial charge on any atom is 0.272 e. The number of hydrogen-bond donors (Lipinski definition) is 3. The van der Waals surface area contributed by atoms with Gasteiger partial charge in [0.2, 0.25) is 5.91 Å². The lowest BCUT2D eigenvalue weighted by Gasteiger charge is -2.12. The molecule has 1 aliphatic heterocycles. The Morgan fingerprint density at radius 3 is 2.74 bits per heavy atom. The fourth-order valence-corrected chi connectivity index (χ4v) is 4.24. The van der Waals surface area contributed by atoms with E-state index in [9.17, 15) is 14.9 Å². The normalized spacial score (nSPS) is 13.1. The quantitative estimate of drug-likeness (QED) is 0.395. The van der Waals surface area contributed by atoms with E-state index in [1.165, 1.54) is 0 Å². The number of nitrogens with one attached hydrogen (secondary N) is 3. The third-order valence-electron chi connectivity index (χ3n) is 6.05. The maximum atomic E-state index is 12.9. The first-order valence-electron chi connectivity index (χ1n) is 11.2. The molecule has 5 rings (SSSR count). The van der Waals surface area contributed by atoms with E-state index >= 15 is 0 Å². The molecule has 8 nitrogen and oxygen atoms in total. The second kappa shape index (κ2) is 9.23. The van der Waals surface area contributed by atoms with E-state index < -0.39 is 11.8 Å². The van der Waals surface area contributed by atoms with Crippen molar-refractivity contribution in [2.45, 2.75) is 19.8 Å². The third-order valence-corrected chi connectivity index (χ3v) is 6.05. The van der Waals surface area contributed by atoms with Crippen LogP contribution in [-0.2, 0) is 11.2 Å². The van der Waals surface area contributed by atoms with E-state index in [2.05, 4.69) is 31.9 Å². The highest BCUT2D eigenvalue weighted by Crippen LogP contribution is 2.34. The van der Waals surface area contributed by atoms with Crippen LogP contribution in [0.4, 0.5) is 5.69 Å². The van der Waals surface area contributed by atoms with Crippen LogP contribution in [0.2, 0.25) is 0 Å². The second-order valence-corrected chi connectivity index (χ2v) is 8.44. The van der Waals surface area contributed by atoms with Crippen LogP contribution in [0.1, 0.15) is 33.6 Å². The van der Waals surface area contributed by atoms with Gasteiger partial charge in [0, 0.05) is 39.6 Å². The molecule has 2 amide bonds. The molecule has 0 aliphatic carbocycles. The second-order valence-electron chi connectivity index (χ2n) is 8.44. The van der Waals surface area contributed by atoms with E-state index in [0.29, 0.717) is 35.0 Å². The Labute approximate surface area is 201 Å². The van der Waals surface area contributed by atoms with Crippen LogP contribution in [0.5, 0.6) is 0 Å². The summed E-state index contributed by atoms with van der Waals surface area (Å²) in [6.45, 7) is 1.91. The van der Waals surface area contributed by atoms with E-state index in [1.54, 1.807) is 24.5 Å². The van der Waals surface area contributed by atoms with E-state index in [1.807, 2.05) is 49.4 Å². The maximum absolute atomic E-state index is 12.9. The fraction of sp³-hybridized carbons (Fsp3) is 0.148. The molecule has 1 atom stereocenters. The standard InChI is InChI=1S/C27H22N6O2/c1-16-7-9-19(14-29-16)25-22-15-30-33-27(35)21-11-20(12-23(32-25)24(21)22)31-26(34)18(13-28)10-8-17-5-3-2-4-6-17/h2-7,9,11-12,14-15,18,32H,8,10H2,1H3,(H,31,34)(H,33,35). The van der Waals surface area contributed by atoms with Gasteiger partial charge in [-0.15, -0.1) is 0 Å². The van der Waals surface area contributed by atoms with E-state index in [4.69, 9.17) is 0 Å². The molecule has 0 saturated heterocycles. The minimum absolute atomic E-state index is 0.380. The zero-order chi connectivity index (χ0) is 24.4. The Bertz CT molecular complexity index is 1500. The molecular formula is C27H22N6O2. The van der Waals surface area contributed by atoms with Crippen LogP contribution in [0.15, 0.2) is 65.9 Å². The summed E-state index contributed by atoms with van der Waals surface area (Å²) >= 11 is 0. The first-order valence-corrected chi connectivity index (χ1v) is 11.2. The zero-order valence-electron chi connectivity index (χ0n) is 19.0. The molecule has 0 fully saturated rings. The predicted molar refractivity (Wildman–Crippen MR) is 134 cm³/mol. The Balaban J connectivity index is 1.47. The summed E-state index contributed by atoms with van der Waals surface area (Å²) in [4.78, 5) is 33.4. The Morgan fingerprint density at radius 1 is 1.17 bits per heavy atom. The molecule has 35 heavy (non-hydrogen) atoms. The number of aryl methyl sites for hydroxylation is 2. The number of pyridine rings is 1. The van der Waals surface area contributed by atoms with Crippen molar-refractivity contribution in [1.82, 2.24) is 15.4 Å². The lowest BCUT2D eigenvalue weighted by Crippen LogP contribution is -2.23. The van der Waals surface area contributed by atoms with Crippen LogP contribution >= 0.6 is 0 Å². The van der Waals surface area contributed by atoms with Crippen LogP contribution in [0.3, 0.4) is 0 Å². The minimum atomic E-state index is -0.824. The summed E-state index contributed by atoms with van der Waals surface area (Å²) in [6, 6.07) is 19.1. The summed E-state index contributed by atoms with van der Waals surface area (Å²) in [5.74, 6) is -1.61. The number of hydrogen-bond acceptors (Lipinski definition) is 5. The van der Waals surface area contributed by atoms with Gasteiger partial charge in [-0.25, -0.2) is 5.43 Å². The number of carbonyl (C=O) groups is 2. The lowest BCUT2D eigenvalue weighted by molar-refractivity contribution is -0.118. The number of amides is 2. The summed E-state index contributed by atoms with van der Waals surface area (Å²) < 4.78 is 0. The molecule has 0 spiro atoms. The van der Waals surface area contributed by atoms with Gasteiger partial charge in [0.15, 0.2) is 0 Å². The molecule has 1 aliphatic rings. The first kappa shape index (κ1) is 22.0. The molecular weight excluding hydrogens is 440 g/mol. The van der Waals surface area contributed by atoms with Gasteiger partial charge in [0.1, 0.15) is 5.92 Å². The van der Waals surface area contributed by atoms with Gasteiger partial charge in [0.05, 0.1) is 23.5 Å². The van der Waals surface area contributed by atoms with E-state index in [-0.39, 0.29) is 5.91 Å². The molecule has 8 heteroatoms. The number of hydrazone groups is 1. The lowest BCUT2D eigenvalue weighted by atomic mass is 9.99. The fourth-order valence-electron chi connectivity index (χ4n) is 4.24. The van der Waals surface area contributed by atoms with Crippen LogP contribution in [0.25, 0.3) is 22.2 Å². The van der Waals surface area contributed by atoms with Crippen molar-refractivity contribution in [3.8, 4) is 17.3 Å². The van der Waals surface area contributed by atoms with E-state index in [0.717, 1.165) is 28.1 Å². The van der Waals surface area contributed by atoms with Gasteiger partial charge in [-0.2, -0.15) is 10.4 Å². The molecule has 2 aromatic carbocycles. The zero-order valence-corrected chi connectivity index (χ0v) is 19.0. The summed E-state index contributed by atoms with van der Waals surface area (Å²) in [7, 11) is 0.